The average molecular weight is 282 g/mol. The number of Topliss-reactive ketones (excluding diaryl/α,β-unsaturated/α-hetero) is 1. The molecule has 0 saturated heterocycles. The van der Waals surface area contributed by atoms with Crippen molar-refractivity contribution in [2.24, 2.45) is 0 Å². The second kappa shape index (κ2) is 6.94. The molecule has 1 aromatic rings. The van der Waals surface area contributed by atoms with Gasteiger partial charge in [0.1, 0.15) is 11.6 Å². The molecule has 104 valence electrons. The van der Waals surface area contributed by atoms with Gasteiger partial charge in [-0.3, -0.25) is 4.79 Å². The van der Waals surface area contributed by atoms with Gasteiger partial charge in [-0.25, -0.2) is 4.39 Å². The fourth-order valence-corrected chi connectivity index (χ4v) is 3.56. The van der Waals surface area contributed by atoms with Gasteiger partial charge < -0.3 is 4.74 Å². The minimum Gasteiger partial charge on any atom is -0.497 e. The number of methoxy groups -OCH3 is 1. The largest absolute Gasteiger partial charge is 0.497 e. The fourth-order valence-electron chi connectivity index (χ4n) is 2.35. The average Bonchev–Trinajstić information content (AvgIpc) is 2.45. The van der Waals surface area contributed by atoms with Gasteiger partial charge in [-0.15, -0.1) is 0 Å². The van der Waals surface area contributed by atoms with Crippen LogP contribution in [0.25, 0.3) is 0 Å². The highest BCUT2D eigenvalue weighted by atomic mass is 32.2. The molecule has 0 heterocycles. The summed E-state index contributed by atoms with van der Waals surface area (Å²) < 4.78 is 18.7. The Morgan fingerprint density at radius 2 is 2.11 bits per heavy atom. The summed E-state index contributed by atoms with van der Waals surface area (Å²) in [6.07, 6.45) is 6.18. The van der Waals surface area contributed by atoms with Crippen LogP contribution in [0.3, 0.4) is 0 Å². The molecule has 0 aromatic heterocycles. The Kier molecular flexibility index (Phi) is 5.25. The highest BCUT2D eigenvalue weighted by Crippen LogP contribution is 2.29. The van der Waals surface area contributed by atoms with Gasteiger partial charge in [0.15, 0.2) is 5.78 Å². The number of hydrogen-bond acceptors (Lipinski definition) is 3. The molecule has 0 atom stereocenters. The molecule has 1 fully saturated rings. The lowest BCUT2D eigenvalue weighted by Crippen LogP contribution is -2.13. The van der Waals surface area contributed by atoms with Crippen LogP contribution in [0.4, 0.5) is 4.39 Å². The van der Waals surface area contributed by atoms with Crippen molar-refractivity contribution in [3.63, 3.8) is 0 Å². The lowest BCUT2D eigenvalue weighted by Gasteiger charge is -2.20. The molecule has 1 aliphatic carbocycles. The Labute approximate surface area is 117 Å². The molecule has 0 spiro atoms. The maximum atomic E-state index is 13.7. The van der Waals surface area contributed by atoms with E-state index in [1.54, 1.807) is 17.8 Å². The van der Waals surface area contributed by atoms with E-state index in [0.717, 1.165) is 0 Å². The van der Waals surface area contributed by atoms with Crippen molar-refractivity contribution < 1.29 is 13.9 Å². The van der Waals surface area contributed by atoms with Gasteiger partial charge in [-0.2, -0.15) is 11.8 Å². The predicted octanol–water partition coefficient (Wildman–Crippen LogP) is 4.08. The lowest BCUT2D eigenvalue weighted by molar-refractivity contribution is 0.101. The zero-order valence-corrected chi connectivity index (χ0v) is 12.0. The van der Waals surface area contributed by atoms with Crippen LogP contribution in [0.1, 0.15) is 42.5 Å². The number of benzene rings is 1. The smallest absolute Gasteiger partial charge is 0.175 e. The van der Waals surface area contributed by atoms with Gasteiger partial charge in [0, 0.05) is 11.3 Å². The highest BCUT2D eigenvalue weighted by Gasteiger charge is 2.18. The monoisotopic (exact) mass is 282 g/mol. The predicted molar refractivity (Wildman–Crippen MR) is 76.6 cm³/mol. The molecular weight excluding hydrogens is 263 g/mol. The van der Waals surface area contributed by atoms with Gasteiger partial charge in [-0.1, -0.05) is 19.3 Å². The summed E-state index contributed by atoms with van der Waals surface area (Å²) in [5.74, 6) is 0.187. The van der Waals surface area contributed by atoms with E-state index in [4.69, 9.17) is 4.74 Å². The quantitative estimate of drug-likeness (QED) is 0.761. The van der Waals surface area contributed by atoms with E-state index >= 15 is 0 Å². The number of carbonyl (C=O) groups excluding carboxylic acids is 1. The van der Waals surface area contributed by atoms with E-state index in [0.29, 0.717) is 16.8 Å². The van der Waals surface area contributed by atoms with Crippen LogP contribution < -0.4 is 4.74 Å². The van der Waals surface area contributed by atoms with E-state index in [1.807, 2.05) is 0 Å². The van der Waals surface area contributed by atoms with Gasteiger partial charge >= 0.3 is 0 Å². The summed E-state index contributed by atoms with van der Waals surface area (Å²) in [5, 5.41) is 0.569. The second-order valence-corrected chi connectivity index (χ2v) is 6.13. The Morgan fingerprint density at radius 1 is 1.37 bits per heavy atom. The third-order valence-corrected chi connectivity index (χ3v) is 4.85. The molecule has 1 saturated carbocycles. The second-order valence-electron chi connectivity index (χ2n) is 4.84. The van der Waals surface area contributed by atoms with Crippen molar-refractivity contribution in [1.29, 1.82) is 0 Å². The molecular formula is C15H19FO2S. The molecule has 0 aliphatic heterocycles. The normalized spacial score (nSPS) is 16.3. The van der Waals surface area contributed by atoms with Crippen molar-refractivity contribution in [2.75, 3.05) is 12.9 Å². The van der Waals surface area contributed by atoms with Crippen LogP contribution in [0.15, 0.2) is 18.2 Å². The van der Waals surface area contributed by atoms with E-state index in [1.165, 1.54) is 51.3 Å². The summed E-state index contributed by atoms with van der Waals surface area (Å²) >= 11 is 1.67. The zero-order chi connectivity index (χ0) is 13.7. The summed E-state index contributed by atoms with van der Waals surface area (Å²) in [5.41, 5.74) is 0.170. The number of ketones is 1. The van der Waals surface area contributed by atoms with Crippen LogP contribution >= 0.6 is 11.8 Å². The molecule has 0 unspecified atom stereocenters. The molecule has 1 aliphatic rings. The van der Waals surface area contributed by atoms with E-state index in [-0.39, 0.29) is 11.3 Å². The third kappa shape index (κ3) is 3.96. The number of thioether (sulfide) groups is 1. The Bertz CT molecular complexity index is 442. The molecule has 1 aromatic carbocycles. The van der Waals surface area contributed by atoms with Crippen LogP contribution in [0.2, 0.25) is 0 Å². The van der Waals surface area contributed by atoms with Gasteiger partial charge in [-0.05, 0) is 25.0 Å². The van der Waals surface area contributed by atoms with E-state index in [9.17, 15) is 9.18 Å². The van der Waals surface area contributed by atoms with Crippen LogP contribution in [0, 0.1) is 5.82 Å². The first kappa shape index (κ1) is 14.4. The first-order valence-electron chi connectivity index (χ1n) is 6.69. The molecule has 19 heavy (non-hydrogen) atoms. The summed E-state index contributed by atoms with van der Waals surface area (Å²) in [6.45, 7) is 0. The molecule has 2 rings (SSSR count). The van der Waals surface area contributed by atoms with Gasteiger partial charge in [0.05, 0.1) is 18.4 Å². The number of rotatable bonds is 5. The summed E-state index contributed by atoms with van der Waals surface area (Å²) in [6, 6.07) is 4.40. The number of carbonyl (C=O) groups is 1. The summed E-state index contributed by atoms with van der Waals surface area (Å²) in [7, 11) is 1.48. The van der Waals surface area contributed by atoms with Crippen molar-refractivity contribution in [2.45, 2.75) is 37.4 Å². The third-order valence-electron chi connectivity index (χ3n) is 3.48. The highest BCUT2D eigenvalue weighted by molar-refractivity contribution is 8.00. The fraction of sp³-hybridized carbons (Fsp3) is 0.533. The number of halogens is 1. The SMILES string of the molecule is COc1ccc(C(=O)CSC2CCCCC2)c(F)c1. The van der Waals surface area contributed by atoms with Crippen molar-refractivity contribution >= 4 is 17.5 Å². The first-order valence-corrected chi connectivity index (χ1v) is 7.74. The minimum atomic E-state index is -0.492. The Hall–Kier alpha value is -1.03. The van der Waals surface area contributed by atoms with Crippen molar-refractivity contribution in [3.05, 3.63) is 29.6 Å². The Balaban J connectivity index is 1.92. The summed E-state index contributed by atoms with van der Waals surface area (Å²) in [4.78, 5) is 12.0. The number of ether oxygens (including phenoxy) is 1. The molecule has 0 amide bonds. The van der Waals surface area contributed by atoms with Crippen molar-refractivity contribution in [3.8, 4) is 5.75 Å². The molecule has 2 nitrogen and oxygen atoms in total. The van der Waals surface area contributed by atoms with E-state index < -0.39 is 5.82 Å². The van der Waals surface area contributed by atoms with E-state index in [2.05, 4.69) is 0 Å². The topological polar surface area (TPSA) is 26.3 Å². The van der Waals surface area contributed by atoms with Gasteiger partial charge in [0.2, 0.25) is 0 Å². The van der Waals surface area contributed by atoms with Crippen LogP contribution in [-0.4, -0.2) is 23.9 Å². The van der Waals surface area contributed by atoms with Gasteiger partial charge in [0.25, 0.3) is 0 Å². The molecule has 0 radical (unpaired) electrons. The maximum Gasteiger partial charge on any atom is 0.175 e. The maximum absolute atomic E-state index is 13.7. The standard InChI is InChI=1S/C15H19FO2S/c1-18-11-7-8-13(14(16)9-11)15(17)10-19-12-5-3-2-4-6-12/h7-9,12H,2-6,10H2,1H3. The first-order chi connectivity index (χ1) is 9.20. The lowest BCUT2D eigenvalue weighted by atomic mass is 10.0. The number of hydrogen-bond donors (Lipinski definition) is 0. The Morgan fingerprint density at radius 3 is 2.74 bits per heavy atom. The van der Waals surface area contributed by atoms with Crippen LogP contribution in [0.5, 0.6) is 5.75 Å². The van der Waals surface area contributed by atoms with Crippen molar-refractivity contribution in [1.82, 2.24) is 0 Å². The zero-order valence-electron chi connectivity index (χ0n) is 11.2. The molecule has 0 bridgehead atoms. The minimum absolute atomic E-state index is 0.129. The van der Waals surface area contributed by atoms with Crippen LogP contribution in [-0.2, 0) is 0 Å². The molecule has 4 heteroatoms. The molecule has 0 N–H and O–H groups in total.